The van der Waals surface area contributed by atoms with E-state index in [9.17, 15) is 0 Å². The summed E-state index contributed by atoms with van der Waals surface area (Å²) < 4.78 is 0. The SMILES string of the molecule is C=C(C)C1=c2c(ccc/c2=C(/C)c2ccc(-c3cc(/C=c4\cccc\c4=C\C=N)cc(-c4nc(-c5ccccc5)nc(C5C=CC=CC5)n4)c3)cc2)-c2ccccc21. The Morgan fingerprint density at radius 1 is 0.638 bits per heavy atom. The maximum atomic E-state index is 7.77. The zero-order chi connectivity index (χ0) is 39.6. The lowest BCUT2D eigenvalue weighted by atomic mass is 9.95. The summed E-state index contributed by atoms with van der Waals surface area (Å²) in [6.07, 6.45) is 14.6. The fourth-order valence-electron chi connectivity index (χ4n) is 8.21. The average Bonchev–Trinajstić information content (AvgIpc) is 3.62. The summed E-state index contributed by atoms with van der Waals surface area (Å²) >= 11 is 0. The van der Waals surface area contributed by atoms with Crippen LogP contribution >= 0.6 is 0 Å². The molecule has 1 N–H and O–H groups in total. The molecule has 6 aromatic carbocycles. The Hall–Kier alpha value is -7.30. The van der Waals surface area contributed by atoms with Gasteiger partial charge in [0.05, 0.1) is 0 Å². The van der Waals surface area contributed by atoms with E-state index >= 15 is 0 Å². The van der Waals surface area contributed by atoms with Gasteiger partial charge in [-0.25, -0.2) is 15.0 Å². The van der Waals surface area contributed by atoms with E-state index in [1.807, 2.05) is 54.6 Å². The van der Waals surface area contributed by atoms with Gasteiger partial charge in [0.1, 0.15) is 5.82 Å². The van der Waals surface area contributed by atoms with E-state index in [1.54, 1.807) is 0 Å². The molecule has 278 valence electrons. The number of benzene rings is 6. The van der Waals surface area contributed by atoms with Gasteiger partial charge in [-0.3, -0.25) is 0 Å². The van der Waals surface area contributed by atoms with Gasteiger partial charge in [0.25, 0.3) is 0 Å². The third kappa shape index (κ3) is 7.01. The van der Waals surface area contributed by atoms with Crippen LogP contribution in [0.25, 0.3) is 68.3 Å². The van der Waals surface area contributed by atoms with E-state index in [-0.39, 0.29) is 5.92 Å². The summed E-state index contributed by atoms with van der Waals surface area (Å²) in [5, 5.41) is 12.3. The van der Waals surface area contributed by atoms with Crippen molar-refractivity contribution in [2.75, 3.05) is 0 Å². The van der Waals surface area contributed by atoms with Crippen molar-refractivity contribution in [1.29, 1.82) is 5.41 Å². The monoisotopic (exact) mass is 746 g/mol. The number of hydrogen-bond acceptors (Lipinski definition) is 4. The van der Waals surface area contributed by atoms with Crippen LogP contribution in [-0.2, 0) is 0 Å². The normalized spacial score (nSPS) is 15.3. The standard InChI is InChI=1S/C54H42N4/c1-35(2)50-48-22-13-12-21-47(48)49-24-14-23-46(51(49)50)36(3)38-25-27-40(28-26-38)44-32-37(31-43-20-11-10-15-39(43)29-30-55)33-45(34-44)54-57-52(41-16-6-4-7-17-41)56-53(58-54)42-18-8-5-9-19-42/h4-18,20-34,42,55H,1,19H2,2-3H3/b39-29-,43-31+,46-36+,55-30?. The van der Waals surface area contributed by atoms with Crippen molar-refractivity contribution in [1.82, 2.24) is 15.0 Å². The number of fused-ring (bicyclic) bond motifs is 3. The molecule has 1 aromatic heterocycles. The molecule has 9 rings (SSSR count). The molecule has 0 bridgehead atoms. The van der Waals surface area contributed by atoms with Crippen molar-refractivity contribution in [3.8, 4) is 45.0 Å². The molecule has 0 radical (unpaired) electrons. The Morgan fingerprint density at radius 3 is 2.07 bits per heavy atom. The molecule has 4 nitrogen and oxygen atoms in total. The van der Waals surface area contributed by atoms with Crippen LogP contribution in [0.4, 0.5) is 0 Å². The van der Waals surface area contributed by atoms with Gasteiger partial charge in [0, 0.05) is 23.3 Å². The number of rotatable bonds is 8. The van der Waals surface area contributed by atoms with Crippen molar-refractivity contribution in [2.24, 2.45) is 0 Å². The number of hydrogen-bond donors (Lipinski definition) is 1. The second-order valence-electron chi connectivity index (χ2n) is 14.9. The summed E-state index contributed by atoms with van der Waals surface area (Å²) in [4.78, 5) is 15.3. The second-order valence-corrected chi connectivity index (χ2v) is 14.9. The highest BCUT2D eigenvalue weighted by molar-refractivity contribution is 5.95. The molecule has 0 spiro atoms. The molecule has 0 fully saturated rings. The highest BCUT2D eigenvalue weighted by atomic mass is 15.0. The average molecular weight is 747 g/mol. The van der Waals surface area contributed by atoms with Crippen LogP contribution in [0.15, 0.2) is 176 Å². The first-order valence-electron chi connectivity index (χ1n) is 19.7. The van der Waals surface area contributed by atoms with Gasteiger partial charge < -0.3 is 5.41 Å². The van der Waals surface area contributed by atoms with Crippen LogP contribution in [0.2, 0.25) is 0 Å². The molecule has 58 heavy (non-hydrogen) atoms. The Bertz CT molecular complexity index is 3080. The molecule has 0 aliphatic heterocycles. The number of nitrogens with zero attached hydrogens (tertiary/aromatic N) is 3. The molecule has 1 atom stereocenters. The van der Waals surface area contributed by atoms with E-state index in [4.69, 9.17) is 20.4 Å². The molecule has 1 unspecified atom stereocenters. The summed E-state index contributed by atoms with van der Waals surface area (Å²) in [5.41, 5.74) is 13.5. The van der Waals surface area contributed by atoms with E-state index in [0.29, 0.717) is 11.6 Å². The molecule has 0 saturated carbocycles. The van der Waals surface area contributed by atoms with E-state index in [1.165, 1.54) is 44.5 Å². The topological polar surface area (TPSA) is 62.5 Å². The molecule has 4 heteroatoms. The van der Waals surface area contributed by atoms with Crippen LogP contribution in [0.5, 0.6) is 0 Å². The van der Waals surface area contributed by atoms with Gasteiger partial charge in [-0.15, -0.1) is 0 Å². The summed E-state index contributed by atoms with van der Waals surface area (Å²) in [6, 6.07) is 49.1. The molecule has 1 heterocycles. The van der Waals surface area contributed by atoms with Crippen molar-refractivity contribution in [2.45, 2.75) is 26.2 Å². The fraction of sp³-hybridized carbons (Fsp3) is 0.0741. The van der Waals surface area contributed by atoms with Crippen LogP contribution in [-0.4, -0.2) is 21.2 Å². The predicted molar refractivity (Wildman–Crippen MR) is 241 cm³/mol. The van der Waals surface area contributed by atoms with Gasteiger partial charge in [-0.05, 0) is 127 Å². The third-order valence-corrected chi connectivity index (χ3v) is 11.1. The van der Waals surface area contributed by atoms with E-state index in [0.717, 1.165) is 61.6 Å². The summed E-state index contributed by atoms with van der Waals surface area (Å²) in [5.74, 6) is 2.10. The Labute approximate surface area is 339 Å². The first-order valence-corrected chi connectivity index (χ1v) is 19.7. The highest BCUT2D eigenvalue weighted by Gasteiger charge is 2.21. The van der Waals surface area contributed by atoms with Gasteiger partial charge >= 0.3 is 0 Å². The number of nitrogens with one attached hydrogen (secondary N) is 1. The Kier molecular flexibility index (Phi) is 9.83. The molecule has 2 aliphatic carbocycles. The van der Waals surface area contributed by atoms with Crippen LogP contribution in [0.1, 0.15) is 48.7 Å². The quantitative estimate of drug-likeness (QED) is 0.158. The Balaban J connectivity index is 1.21. The first-order chi connectivity index (χ1) is 28.4. The van der Waals surface area contributed by atoms with Crippen molar-refractivity contribution in [3.05, 3.63) is 219 Å². The van der Waals surface area contributed by atoms with Crippen molar-refractivity contribution >= 4 is 29.5 Å². The zero-order valence-corrected chi connectivity index (χ0v) is 32.7. The minimum atomic E-state index is 0.0584. The fourth-order valence-corrected chi connectivity index (χ4v) is 8.21. The molecule has 7 aromatic rings. The van der Waals surface area contributed by atoms with E-state index in [2.05, 4.69) is 142 Å². The third-order valence-electron chi connectivity index (χ3n) is 11.1. The molecular weight excluding hydrogens is 705 g/mol. The number of aromatic nitrogens is 3. The molecule has 0 saturated heterocycles. The maximum absolute atomic E-state index is 7.77. The first kappa shape index (κ1) is 36.3. The van der Waals surface area contributed by atoms with Gasteiger partial charge in [-0.2, -0.15) is 0 Å². The maximum Gasteiger partial charge on any atom is 0.163 e. The highest BCUT2D eigenvalue weighted by Crippen LogP contribution is 2.35. The largest absolute Gasteiger partial charge is 0.309 e. The van der Waals surface area contributed by atoms with Gasteiger partial charge in [0.15, 0.2) is 11.6 Å². The minimum Gasteiger partial charge on any atom is -0.309 e. The van der Waals surface area contributed by atoms with Crippen molar-refractivity contribution in [3.63, 3.8) is 0 Å². The van der Waals surface area contributed by atoms with Crippen LogP contribution < -0.4 is 20.9 Å². The Morgan fingerprint density at radius 2 is 1.33 bits per heavy atom. The lowest BCUT2D eigenvalue weighted by Crippen LogP contribution is -2.29. The van der Waals surface area contributed by atoms with Crippen LogP contribution in [0.3, 0.4) is 0 Å². The van der Waals surface area contributed by atoms with E-state index < -0.39 is 0 Å². The van der Waals surface area contributed by atoms with Crippen LogP contribution in [0, 0.1) is 5.41 Å². The second kappa shape index (κ2) is 15.7. The minimum absolute atomic E-state index is 0.0584. The summed E-state index contributed by atoms with van der Waals surface area (Å²) in [6.45, 7) is 8.73. The van der Waals surface area contributed by atoms with Gasteiger partial charge in [0.2, 0.25) is 0 Å². The zero-order valence-electron chi connectivity index (χ0n) is 32.7. The molecular formula is C54H42N4. The molecule has 2 aliphatic rings. The summed E-state index contributed by atoms with van der Waals surface area (Å²) in [7, 11) is 0. The number of allylic oxidation sites excluding steroid dienone is 5. The lowest BCUT2D eigenvalue weighted by molar-refractivity contribution is 0.764. The smallest absolute Gasteiger partial charge is 0.163 e. The predicted octanol–water partition coefficient (Wildman–Crippen LogP) is 9.71. The van der Waals surface area contributed by atoms with Crippen molar-refractivity contribution < 1.29 is 0 Å². The van der Waals surface area contributed by atoms with Gasteiger partial charge in [-0.1, -0.05) is 152 Å². The molecule has 0 amide bonds. The lowest BCUT2D eigenvalue weighted by Gasteiger charge is -2.15.